The number of carbonyl (C=O) groups excluding carboxylic acids is 2. The zero-order chi connectivity index (χ0) is 56.4. The Bertz CT molecular complexity index is 2870. The van der Waals surface area contributed by atoms with Crippen molar-refractivity contribution in [3.8, 4) is 0 Å². The Morgan fingerprint density at radius 3 is 1.16 bits per heavy atom. The Kier molecular flexibility index (Phi) is 23.8. The van der Waals surface area contributed by atoms with Crippen molar-refractivity contribution in [2.45, 2.75) is 127 Å². The first-order valence-corrected chi connectivity index (χ1v) is 28.2. The van der Waals surface area contributed by atoms with Crippen LogP contribution < -0.4 is 0 Å². The van der Waals surface area contributed by atoms with Gasteiger partial charge in [-0.2, -0.15) is 0 Å². The van der Waals surface area contributed by atoms with Crippen LogP contribution in [-0.2, 0) is 101 Å². The lowest BCUT2D eigenvalue weighted by Gasteiger charge is -2.50. The number of carbonyl (C=O) groups is 2. The van der Waals surface area contributed by atoms with E-state index in [0.29, 0.717) is 31.4 Å². The molecule has 2 fully saturated rings. The van der Waals surface area contributed by atoms with Gasteiger partial charge in [-0.25, -0.2) is 4.79 Å². The molecule has 2 saturated heterocycles. The van der Waals surface area contributed by atoms with Gasteiger partial charge < -0.3 is 56.8 Å². The van der Waals surface area contributed by atoms with E-state index < -0.39 is 67.4 Å². The van der Waals surface area contributed by atoms with Crippen LogP contribution in [0.25, 0.3) is 0 Å². The van der Waals surface area contributed by atoms with E-state index in [1.807, 2.05) is 188 Å². The van der Waals surface area contributed by atoms with E-state index in [0.717, 1.165) is 33.4 Å². The maximum absolute atomic E-state index is 14.7. The molecule has 2 aliphatic rings. The van der Waals surface area contributed by atoms with E-state index in [1.165, 1.54) is 7.11 Å². The average molecular weight is 1120 g/mol. The predicted octanol–water partition coefficient (Wildman–Crippen LogP) is 11.6. The fourth-order valence-corrected chi connectivity index (χ4v) is 9.89. The molecule has 0 saturated carbocycles. The molecule has 0 radical (unpaired) electrons. The monoisotopic (exact) mass is 1110 g/mol. The minimum Gasteiger partial charge on any atom is -0.469 e. The maximum atomic E-state index is 14.7. The van der Waals surface area contributed by atoms with Gasteiger partial charge in [0.25, 0.3) is 0 Å². The second-order valence-electron chi connectivity index (χ2n) is 20.2. The number of esters is 2. The molecule has 0 aliphatic carbocycles. The molecular formula is C68H74O14. The minimum absolute atomic E-state index is 0.0308. The molecule has 7 aromatic carbocycles. The summed E-state index contributed by atoms with van der Waals surface area (Å²) in [7, 11) is 1.39. The van der Waals surface area contributed by atoms with E-state index in [1.54, 1.807) is 24.3 Å². The van der Waals surface area contributed by atoms with E-state index in [2.05, 4.69) is 0 Å². The number of hydrogen-bond donors (Lipinski definition) is 0. The first kappa shape index (κ1) is 59.7. The number of ether oxygens (including phenoxy) is 12. The fraction of sp³-hybridized carbons (Fsp3) is 0.353. The zero-order valence-electron chi connectivity index (χ0n) is 46.4. The Balaban J connectivity index is 1.12. The minimum atomic E-state index is -1.39. The highest BCUT2D eigenvalue weighted by atomic mass is 16.8. The van der Waals surface area contributed by atoms with Gasteiger partial charge in [-0.1, -0.05) is 207 Å². The van der Waals surface area contributed by atoms with Gasteiger partial charge in [-0.15, -0.1) is 0 Å². The smallest absolute Gasteiger partial charge is 0.338 e. The highest BCUT2D eigenvalue weighted by molar-refractivity contribution is 5.89. The van der Waals surface area contributed by atoms with Gasteiger partial charge in [0.1, 0.15) is 42.7 Å². The summed E-state index contributed by atoms with van der Waals surface area (Å²) in [5.41, 5.74) is 5.89. The molecule has 10 atom stereocenters. The summed E-state index contributed by atoms with van der Waals surface area (Å²) < 4.78 is 81.3. The zero-order valence-corrected chi connectivity index (χ0v) is 46.4. The highest BCUT2D eigenvalue weighted by Gasteiger charge is 2.55. The van der Waals surface area contributed by atoms with Crippen LogP contribution in [0.4, 0.5) is 0 Å². The first-order chi connectivity index (χ1) is 40.5. The lowest BCUT2D eigenvalue weighted by atomic mass is 9.96. The van der Waals surface area contributed by atoms with Gasteiger partial charge in [0.15, 0.2) is 18.7 Å². The molecule has 7 aromatic rings. The van der Waals surface area contributed by atoms with Gasteiger partial charge in [0, 0.05) is 13.0 Å². The van der Waals surface area contributed by atoms with Gasteiger partial charge in [-0.3, -0.25) is 4.79 Å². The second kappa shape index (κ2) is 32.6. The standard InChI is InChI=1S/C68H74O14/c1-71-59(69)40-24-9-25-41-74-67-64(62(77-46-54-34-18-6-19-35-54)60(75-44-52-30-14-4-15-31-52)57(79-67)48-72-42-50-26-10-2-11-27-50)82-68-65(81-66(70)56-38-22-8-23-39-56)63(78-47-55-36-20-7-21-37-55)61(76-45-53-32-16-5-17-33-53)58(80-68)49-73-43-51-28-12-3-13-29-51/h2-8,10-23,26-39,57-58,60-65,67-68H,9,24-25,40-49H2,1H3/t57-,58-,60-,61-,62+,63+,64+,65+,67+,68-/m1/s1. The van der Waals surface area contributed by atoms with Gasteiger partial charge in [0.05, 0.1) is 65.5 Å². The van der Waals surface area contributed by atoms with E-state index in [4.69, 9.17) is 56.8 Å². The predicted molar refractivity (Wildman–Crippen MR) is 307 cm³/mol. The number of methoxy groups -OCH3 is 1. The fourth-order valence-electron chi connectivity index (χ4n) is 9.89. The Morgan fingerprint density at radius 1 is 0.378 bits per heavy atom. The normalized spacial score (nSPS) is 22.5. The third-order valence-electron chi connectivity index (χ3n) is 14.2. The summed E-state index contributed by atoms with van der Waals surface area (Å²) in [4.78, 5) is 26.8. The van der Waals surface area contributed by atoms with E-state index >= 15 is 0 Å². The SMILES string of the molecule is COC(=O)CCCCCO[C@H]1O[C@H](COCc2ccccc2)[C@@H](OCc2ccccc2)[C@H](OCc2ccccc2)[C@@H]1O[C@H]1O[C@H](COCc2ccccc2)[C@@H](OCc2ccccc2)[C@H](OCc2ccccc2)[C@@H]1OC(=O)c1ccccc1. The average Bonchev–Trinajstić information content (AvgIpc) is 3.72. The van der Waals surface area contributed by atoms with Crippen LogP contribution >= 0.6 is 0 Å². The Hall–Kier alpha value is -6.92. The summed E-state index contributed by atoms with van der Waals surface area (Å²) in [6.45, 7) is 1.58. The molecular weight excluding hydrogens is 1040 g/mol. The lowest BCUT2D eigenvalue weighted by molar-refractivity contribution is -0.379. The van der Waals surface area contributed by atoms with E-state index in [-0.39, 0.29) is 65.2 Å². The molecule has 14 heteroatoms. The van der Waals surface area contributed by atoms with Crippen LogP contribution in [0.15, 0.2) is 212 Å². The van der Waals surface area contributed by atoms with Crippen LogP contribution in [0, 0.1) is 0 Å². The molecule has 430 valence electrons. The molecule has 0 spiro atoms. The summed E-state index contributed by atoms with van der Waals surface area (Å²) in [5, 5.41) is 0. The molecule has 0 aromatic heterocycles. The largest absolute Gasteiger partial charge is 0.469 e. The number of unbranched alkanes of at least 4 members (excludes halogenated alkanes) is 2. The quantitative estimate of drug-likeness (QED) is 0.0300. The topological polar surface area (TPSA) is 145 Å². The third-order valence-corrected chi connectivity index (χ3v) is 14.2. The number of benzene rings is 7. The Morgan fingerprint density at radius 2 is 0.744 bits per heavy atom. The molecule has 14 nitrogen and oxygen atoms in total. The molecule has 9 rings (SSSR count). The second-order valence-corrected chi connectivity index (χ2v) is 20.2. The van der Waals surface area contributed by atoms with Crippen molar-refractivity contribution in [2.75, 3.05) is 26.9 Å². The summed E-state index contributed by atoms with van der Waals surface area (Å²) in [6, 6.07) is 67.9. The van der Waals surface area contributed by atoms with Crippen LogP contribution in [-0.4, -0.2) is 100 Å². The van der Waals surface area contributed by atoms with Crippen LogP contribution in [0.3, 0.4) is 0 Å². The number of hydrogen-bond acceptors (Lipinski definition) is 14. The van der Waals surface area contributed by atoms with Crippen LogP contribution in [0.2, 0.25) is 0 Å². The molecule has 0 N–H and O–H groups in total. The molecule has 0 amide bonds. The molecule has 2 aliphatic heterocycles. The van der Waals surface area contributed by atoms with E-state index in [9.17, 15) is 9.59 Å². The first-order valence-electron chi connectivity index (χ1n) is 28.2. The van der Waals surface area contributed by atoms with Crippen molar-refractivity contribution >= 4 is 11.9 Å². The summed E-state index contributed by atoms with van der Waals surface area (Å²) in [6.07, 6.45) is -8.11. The van der Waals surface area contributed by atoms with Crippen LogP contribution in [0.5, 0.6) is 0 Å². The third kappa shape index (κ3) is 18.3. The van der Waals surface area contributed by atoms with Crippen molar-refractivity contribution in [3.63, 3.8) is 0 Å². The van der Waals surface area contributed by atoms with Crippen molar-refractivity contribution in [2.24, 2.45) is 0 Å². The summed E-state index contributed by atoms with van der Waals surface area (Å²) >= 11 is 0. The van der Waals surface area contributed by atoms with Crippen LogP contribution in [0.1, 0.15) is 69.4 Å². The molecule has 0 unspecified atom stereocenters. The van der Waals surface area contributed by atoms with Gasteiger partial charge >= 0.3 is 11.9 Å². The number of rotatable bonds is 31. The van der Waals surface area contributed by atoms with Crippen molar-refractivity contribution in [1.29, 1.82) is 0 Å². The molecule has 0 bridgehead atoms. The van der Waals surface area contributed by atoms with Gasteiger partial charge in [-0.05, 0) is 58.4 Å². The maximum Gasteiger partial charge on any atom is 0.338 e. The summed E-state index contributed by atoms with van der Waals surface area (Å²) in [5.74, 6) is -0.909. The molecule has 82 heavy (non-hydrogen) atoms. The lowest BCUT2D eigenvalue weighted by Crippen LogP contribution is -2.66. The van der Waals surface area contributed by atoms with Gasteiger partial charge in [0.2, 0.25) is 0 Å². The van der Waals surface area contributed by atoms with Crippen molar-refractivity contribution in [1.82, 2.24) is 0 Å². The van der Waals surface area contributed by atoms with Crippen molar-refractivity contribution < 1.29 is 66.4 Å². The Labute approximate surface area is 481 Å². The highest BCUT2D eigenvalue weighted by Crippen LogP contribution is 2.37. The molecule has 2 heterocycles. The van der Waals surface area contributed by atoms with Crippen molar-refractivity contribution in [3.05, 3.63) is 251 Å².